The van der Waals surface area contributed by atoms with E-state index in [1.165, 1.54) is 24.3 Å². The van der Waals surface area contributed by atoms with Crippen LogP contribution >= 0.6 is 12.4 Å². The van der Waals surface area contributed by atoms with Crippen molar-refractivity contribution in [1.29, 1.82) is 0 Å². The summed E-state index contributed by atoms with van der Waals surface area (Å²) >= 11 is 0. The Kier molecular flexibility index (Phi) is 4.06. The molecule has 8 heteroatoms. The van der Waals surface area contributed by atoms with E-state index in [0.717, 1.165) is 13.1 Å². The Balaban J connectivity index is 0.00000147. The molecule has 0 bridgehead atoms. The van der Waals surface area contributed by atoms with Crippen molar-refractivity contribution >= 4 is 28.3 Å². The van der Waals surface area contributed by atoms with Gasteiger partial charge in [-0.25, -0.2) is 13.1 Å². The van der Waals surface area contributed by atoms with Crippen LogP contribution in [0.4, 0.5) is 0 Å². The van der Waals surface area contributed by atoms with Crippen LogP contribution in [0.2, 0.25) is 0 Å². The van der Waals surface area contributed by atoms with Crippen LogP contribution in [0.1, 0.15) is 10.4 Å². The second-order valence-electron chi connectivity index (χ2n) is 5.02. The number of carbonyl (C=O) groups is 1. The van der Waals surface area contributed by atoms with E-state index in [1.807, 2.05) is 0 Å². The molecule has 0 aromatic heterocycles. The normalized spacial score (nSPS) is 27.5. The highest BCUT2D eigenvalue weighted by Crippen LogP contribution is 2.42. The predicted molar refractivity (Wildman–Crippen MR) is 76.2 cm³/mol. The van der Waals surface area contributed by atoms with Crippen molar-refractivity contribution in [2.45, 2.75) is 10.9 Å². The van der Waals surface area contributed by atoms with Crippen molar-refractivity contribution in [1.82, 2.24) is 10.0 Å². The molecule has 1 aromatic carbocycles. The van der Waals surface area contributed by atoms with Crippen LogP contribution in [0, 0.1) is 11.8 Å². The smallest absolute Gasteiger partial charge is 0.248 e. The molecule has 0 spiro atoms. The lowest BCUT2D eigenvalue weighted by molar-refractivity contribution is 0.1000. The van der Waals surface area contributed by atoms with Gasteiger partial charge >= 0.3 is 0 Å². The summed E-state index contributed by atoms with van der Waals surface area (Å²) < 4.78 is 27.0. The van der Waals surface area contributed by atoms with Gasteiger partial charge in [0, 0.05) is 11.6 Å². The molecule has 1 aromatic rings. The van der Waals surface area contributed by atoms with Crippen molar-refractivity contribution in [3.05, 3.63) is 29.8 Å². The number of rotatable bonds is 4. The minimum atomic E-state index is -3.51. The van der Waals surface area contributed by atoms with Gasteiger partial charge in [0.2, 0.25) is 15.9 Å². The summed E-state index contributed by atoms with van der Waals surface area (Å²) in [6.07, 6.45) is 0. The van der Waals surface area contributed by atoms with Gasteiger partial charge in [-0.1, -0.05) is 0 Å². The third-order valence-corrected chi connectivity index (χ3v) is 5.31. The number of hydrogen-bond donors (Lipinski definition) is 3. The largest absolute Gasteiger partial charge is 0.366 e. The molecular weight excluding hydrogens is 302 g/mol. The summed E-state index contributed by atoms with van der Waals surface area (Å²) in [4.78, 5) is 11.1. The molecule has 1 amide bonds. The number of carbonyl (C=O) groups excluding carboxylic acids is 1. The third kappa shape index (κ3) is 2.67. The Morgan fingerprint density at radius 3 is 2.25 bits per heavy atom. The summed E-state index contributed by atoms with van der Waals surface area (Å²) in [5.74, 6) is 0.263. The van der Waals surface area contributed by atoms with E-state index < -0.39 is 15.9 Å². The molecule has 1 saturated carbocycles. The van der Waals surface area contributed by atoms with Gasteiger partial charge in [-0.05, 0) is 49.2 Å². The number of amides is 1. The summed E-state index contributed by atoms with van der Waals surface area (Å²) in [5, 5.41) is 3.21. The van der Waals surface area contributed by atoms with Crippen LogP contribution in [0.3, 0.4) is 0 Å². The van der Waals surface area contributed by atoms with E-state index in [1.54, 1.807) is 0 Å². The maximum absolute atomic E-state index is 12.1. The monoisotopic (exact) mass is 317 g/mol. The molecule has 1 aliphatic carbocycles. The molecular formula is C12H16ClN3O3S. The first-order valence-electron chi connectivity index (χ1n) is 6.12. The molecule has 20 heavy (non-hydrogen) atoms. The summed E-state index contributed by atoms with van der Waals surface area (Å²) in [5.41, 5.74) is 5.41. The number of hydrogen-bond acceptors (Lipinski definition) is 4. The van der Waals surface area contributed by atoms with Crippen LogP contribution < -0.4 is 15.8 Å². The lowest BCUT2D eigenvalue weighted by atomic mass is 10.2. The van der Waals surface area contributed by atoms with Crippen LogP contribution in [-0.4, -0.2) is 33.5 Å². The highest BCUT2D eigenvalue weighted by Gasteiger charge is 2.54. The Labute approximate surface area is 123 Å². The minimum absolute atomic E-state index is 0. The number of fused-ring (bicyclic) bond motifs is 1. The van der Waals surface area contributed by atoms with Gasteiger partial charge in [0.1, 0.15) is 0 Å². The standard InChI is InChI=1S/C12H15N3O3S.ClH/c13-12(16)7-1-3-8(4-2-7)19(17,18)15-11-9-5-14-6-10(9)11;/h1-4,9-11,14-15H,5-6H2,(H2,13,16);1H. The second-order valence-corrected chi connectivity index (χ2v) is 6.74. The molecule has 2 aliphatic rings. The number of benzene rings is 1. The van der Waals surface area contributed by atoms with Gasteiger partial charge in [-0.3, -0.25) is 4.79 Å². The van der Waals surface area contributed by atoms with Gasteiger partial charge in [0.15, 0.2) is 0 Å². The fraction of sp³-hybridized carbons (Fsp3) is 0.417. The topological polar surface area (TPSA) is 101 Å². The van der Waals surface area contributed by atoms with Crippen LogP contribution in [0.15, 0.2) is 29.2 Å². The number of sulfonamides is 1. The molecule has 110 valence electrons. The van der Waals surface area contributed by atoms with Gasteiger partial charge in [-0.2, -0.15) is 0 Å². The first-order valence-corrected chi connectivity index (χ1v) is 7.60. The first-order chi connectivity index (χ1) is 8.99. The molecule has 3 rings (SSSR count). The zero-order valence-electron chi connectivity index (χ0n) is 10.6. The molecule has 1 saturated heterocycles. The fourth-order valence-electron chi connectivity index (χ4n) is 2.64. The van der Waals surface area contributed by atoms with Crippen molar-refractivity contribution in [2.75, 3.05) is 13.1 Å². The highest BCUT2D eigenvalue weighted by atomic mass is 35.5. The van der Waals surface area contributed by atoms with E-state index in [4.69, 9.17) is 5.73 Å². The van der Waals surface area contributed by atoms with Crippen LogP contribution in [0.25, 0.3) is 0 Å². The Morgan fingerprint density at radius 2 is 1.75 bits per heavy atom. The number of nitrogens with one attached hydrogen (secondary N) is 2. The molecule has 6 nitrogen and oxygen atoms in total. The number of piperidine rings is 1. The molecule has 2 atom stereocenters. The van der Waals surface area contributed by atoms with E-state index in [0.29, 0.717) is 17.4 Å². The average Bonchev–Trinajstić information content (AvgIpc) is 2.82. The molecule has 2 unspecified atom stereocenters. The van der Waals surface area contributed by atoms with Crippen molar-refractivity contribution in [3.63, 3.8) is 0 Å². The maximum atomic E-state index is 12.1. The minimum Gasteiger partial charge on any atom is -0.366 e. The quantitative estimate of drug-likeness (QED) is 0.710. The molecule has 0 radical (unpaired) electrons. The van der Waals surface area contributed by atoms with Crippen LogP contribution in [-0.2, 0) is 10.0 Å². The zero-order valence-corrected chi connectivity index (χ0v) is 12.2. The van der Waals surface area contributed by atoms with E-state index >= 15 is 0 Å². The van der Waals surface area contributed by atoms with E-state index in [-0.39, 0.29) is 23.3 Å². The Bertz CT molecular complexity index is 607. The van der Waals surface area contributed by atoms with Gasteiger partial charge in [0.05, 0.1) is 4.90 Å². The van der Waals surface area contributed by atoms with E-state index in [9.17, 15) is 13.2 Å². The number of halogens is 1. The highest BCUT2D eigenvalue weighted by molar-refractivity contribution is 7.89. The third-order valence-electron chi connectivity index (χ3n) is 3.83. The Hall–Kier alpha value is -1.15. The first kappa shape index (κ1) is 15.2. The summed E-state index contributed by atoms with van der Waals surface area (Å²) in [6, 6.07) is 5.69. The van der Waals surface area contributed by atoms with Crippen molar-refractivity contribution in [2.24, 2.45) is 17.6 Å². The number of nitrogens with two attached hydrogens (primary N) is 1. The summed E-state index contributed by atoms with van der Waals surface area (Å²) in [6.45, 7) is 1.75. The second kappa shape index (κ2) is 5.33. The van der Waals surface area contributed by atoms with E-state index in [2.05, 4.69) is 10.0 Å². The Morgan fingerprint density at radius 1 is 1.20 bits per heavy atom. The maximum Gasteiger partial charge on any atom is 0.248 e. The SMILES string of the molecule is Cl.NC(=O)c1ccc(S(=O)(=O)NC2C3CNCC32)cc1. The fourth-order valence-corrected chi connectivity index (χ4v) is 3.98. The molecule has 4 N–H and O–H groups in total. The van der Waals surface area contributed by atoms with Crippen molar-refractivity contribution in [3.8, 4) is 0 Å². The van der Waals surface area contributed by atoms with Crippen LogP contribution in [0.5, 0.6) is 0 Å². The lowest BCUT2D eigenvalue weighted by Gasteiger charge is -2.09. The zero-order chi connectivity index (χ0) is 13.6. The van der Waals surface area contributed by atoms with Crippen molar-refractivity contribution < 1.29 is 13.2 Å². The molecule has 2 fully saturated rings. The average molecular weight is 318 g/mol. The predicted octanol–water partition coefficient (Wildman–Crippen LogP) is -0.297. The van der Waals surface area contributed by atoms with Gasteiger partial charge in [-0.15, -0.1) is 12.4 Å². The van der Waals surface area contributed by atoms with Gasteiger partial charge in [0.25, 0.3) is 0 Å². The summed E-state index contributed by atoms with van der Waals surface area (Å²) in [7, 11) is -3.51. The van der Waals surface area contributed by atoms with Gasteiger partial charge < -0.3 is 11.1 Å². The molecule has 1 aliphatic heterocycles. The molecule has 1 heterocycles. The lowest BCUT2D eigenvalue weighted by Crippen LogP contribution is -2.32. The number of primary amides is 1.